The van der Waals surface area contributed by atoms with E-state index in [4.69, 9.17) is 32.7 Å². The van der Waals surface area contributed by atoms with Crippen molar-refractivity contribution in [2.75, 3.05) is 6.61 Å². The van der Waals surface area contributed by atoms with Gasteiger partial charge in [0.1, 0.15) is 18.1 Å². The normalized spacial score (nSPS) is 10.8. The first-order chi connectivity index (χ1) is 16.4. The predicted molar refractivity (Wildman–Crippen MR) is 123 cm³/mol. The van der Waals surface area contributed by atoms with Gasteiger partial charge in [-0.15, -0.1) is 5.10 Å². The Morgan fingerprint density at radius 3 is 2.65 bits per heavy atom. The molecule has 174 valence electrons. The molecule has 10 nitrogen and oxygen atoms in total. The van der Waals surface area contributed by atoms with Gasteiger partial charge in [0.2, 0.25) is 0 Å². The van der Waals surface area contributed by atoms with Gasteiger partial charge in [-0.3, -0.25) is 4.79 Å². The first kappa shape index (κ1) is 23.3. The van der Waals surface area contributed by atoms with Crippen LogP contribution in [0.2, 0.25) is 10.0 Å². The zero-order valence-corrected chi connectivity index (χ0v) is 18.9. The fourth-order valence-electron chi connectivity index (χ4n) is 3.19. The standard InChI is InChI=1S/C22H17Cl2N5O5/c23-15-6-13-5-14(22(31)32)7-18(21(13)16(24)8-15)34-11-20(30)25-9-12-3-1-2-4-17(12)33-10-19-26-28-29-27-19/h1-8H,9-11H2,(H,25,30)(H,31,32)(H,26,27,28,29). The third-order valence-electron chi connectivity index (χ3n) is 4.74. The van der Waals surface area contributed by atoms with Gasteiger partial charge in [-0.2, -0.15) is 0 Å². The molecule has 1 amide bonds. The highest BCUT2D eigenvalue weighted by Gasteiger charge is 2.15. The molecule has 3 aromatic carbocycles. The van der Waals surface area contributed by atoms with Gasteiger partial charge in [-0.25, -0.2) is 9.89 Å². The smallest absolute Gasteiger partial charge is 0.335 e. The van der Waals surface area contributed by atoms with Gasteiger partial charge in [-0.05, 0) is 46.1 Å². The number of aromatic carboxylic acids is 1. The number of tetrazole rings is 1. The average Bonchev–Trinajstić information content (AvgIpc) is 3.33. The number of nitrogens with one attached hydrogen (secondary N) is 2. The van der Waals surface area contributed by atoms with Crippen LogP contribution in [0.1, 0.15) is 21.7 Å². The third-order valence-corrected chi connectivity index (χ3v) is 5.25. The molecule has 0 bridgehead atoms. The highest BCUT2D eigenvalue weighted by molar-refractivity contribution is 6.39. The summed E-state index contributed by atoms with van der Waals surface area (Å²) >= 11 is 12.3. The van der Waals surface area contributed by atoms with Crippen LogP contribution in [0.3, 0.4) is 0 Å². The van der Waals surface area contributed by atoms with E-state index in [0.29, 0.717) is 27.4 Å². The molecule has 0 unspecified atom stereocenters. The van der Waals surface area contributed by atoms with Crippen LogP contribution in [-0.4, -0.2) is 44.2 Å². The van der Waals surface area contributed by atoms with Crippen molar-refractivity contribution >= 4 is 45.9 Å². The van der Waals surface area contributed by atoms with Gasteiger partial charge in [0.05, 0.1) is 10.6 Å². The SMILES string of the molecule is O=C(COc1cc(C(=O)O)cc2cc(Cl)cc(Cl)c12)NCc1ccccc1OCc1nnn[nH]1. The van der Waals surface area contributed by atoms with Crippen molar-refractivity contribution in [3.8, 4) is 11.5 Å². The largest absolute Gasteiger partial charge is 0.485 e. The molecular weight excluding hydrogens is 485 g/mol. The zero-order chi connectivity index (χ0) is 24.1. The summed E-state index contributed by atoms with van der Waals surface area (Å²) < 4.78 is 11.4. The van der Waals surface area contributed by atoms with Crippen molar-refractivity contribution in [1.29, 1.82) is 0 Å². The van der Waals surface area contributed by atoms with Crippen LogP contribution in [0.15, 0.2) is 48.5 Å². The van der Waals surface area contributed by atoms with Crippen LogP contribution in [0.4, 0.5) is 0 Å². The zero-order valence-electron chi connectivity index (χ0n) is 17.4. The first-order valence-corrected chi connectivity index (χ1v) is 10.6. The second-order valence-corrected chi connectivity index (χ2v) is 7.92. The molecule has 0 saturated carbocycles. The molecule has 0 saturated heterocycles. The number of nitrogens with zero attached hydrogens (tertiary/aromatic N) is 3. The lowest BCUT2D eigenvalue weighted by atomic mass is 10.1. The van der Waals surface area contributed by atoms with E-state index in [1.165, 1.54) is 18.2 Å². The van der Waals surface area contributed by atoms with Crippen molar-refractivity contribution in [1.82, 2.24) is 25.9 Å². The summed E-state index contributed by atoms with van der Waals surface area (Å²) in [6, 6.07) is 13.0. The number of carboxylic acid groups (broad SMARTS) is 1. The Kier molecular flexibility index (Phi) is 7.09. The van der Waals surface area contributed by atoms with Crippen molar-refractivity contribution in [3.05, 3.63) is 75.5 Å². The number of H-pyrrole nitrogens is 1. The van der Waals surface area contributed by atoms with E-state index in [9.17, 15) is 14.7 Å². The van der Waals surface area contributed by atoms with Crippen LogP contribution in [0.25, 0.3) is 10.8 Å². The van der Waals surface area contributed by atoms with Crippen molar-refractivity contribution in [2.24, 2.45) is 0 Å². The quantitative estimate of drug-likeness (QED) is 0.315. The number of benzene rings is 3. The second kappa shape index (κ2) is 10.4. The lowest BCUT2D eigenvalue weighted by Crippen LogP contribution is -2.28. The summed E-state index contributed by atoms with van der Waals surface area (Å²) in [6.07, 6.45) is 0. The molecule has 0 aliphatic rings. The molecule has 0 aliphatic carbocycles. The van der Waals surface area contributed by atoms with Crippen LogP contribution in [0.5, 0.6) is 11.5 Å². The highest BCUT2D eigenvalue weighted by Crippen LogP contribution is 2.36. The molecule has 0 atom stereocenters. The Bertz CT molecular complexity index is 1350. The monoisotopic (exact) mass is 501 g/mol. The number of aromatic nitrogens is 4. The Morgan fingerprint density at radius 2 is 1.88 bits per heavy atom. The summed E-state index contributed by atoms with van der Waals surface area (Å²) in [5.41, 5.74) is 0.716. The number of hydrogen-bond donors (Lipinski definition) is 3. The van der Waals surface area contributed by atoms with Crippen molar-refractivity contribution in [2.45, 2.75) is 13.2 Å². The number of para-hydroxylation sites is 1. The van der Waals surface area contributed by atoms with Gasteiger partial charge < -0.3 is 19.9 Å². The minimum Gasteiger partial charge on any atom is -0.485 e. The van der Waals surface area contributed by atoms with Crippen LogP contribution >= 0.6 is 23.2 Å². The first-order valence-electron chi connectivity index (χ1n) is 9.89. The molecule has 34 heavy (non-hydrogen) atoms. The number of rotatable bonds is 9. The predicted octanol–water partition coefficient (Wildman–Crippen LogP) is 3.63. The minimum atomic E-state index is -1.15. The van der Waals surface area contributed by atoms with Gasteiger partial charge in [-0.1, -0.05) is 41.4 Å². The molecule has 0 radical (unpaired) electrons. The van der Waals surface area contributed by atoms with E-state index >= 15 is 0 Å². The molecule has 0 spiro atoms. The summed E-state index contributed by atoms with van der Waals surface area (Å²) in [5.74, 6) is -0.388. The second-order valence-electron chi connectivity index (χ2n) is 7.08. The van der Waals surface area contributed by atoms with Gasteiger partial charge in [0.15, 0.2) is 12.4 Å². The van der Waals surface area contributed by atoms with Crippen LogP contribution in [-0.2, 0) is 17.9 Å². The fraction of sp³-hybridized carbons (Fsp3) is 0.136. The Balaban J connectivity index is 1.43. The Labute approximate surface area is 202 Å². The average molecular weight is 502 g/mol. The van der Waals surface area contributed by atoms with Crippen LogP contribution < -0.4 is 14.8 Å². The highest BCUT2D eigenvalue weighted by atomic mass is 35.5. The molecular formula is C22H17Cl2N5O5. The van der Waals surface area contributed by atoms with Gasteiger partial charge >= 0.3 is 5.97 Å². The number of hydrogen-bond acceptors (Lipinski definition) is 7. The Morgan fingerprint density at radius 1 is 1.06 bits per heavy atom. The molecule has 1 heterocycles. The fourth-order valence-corrected chi connectivity index (χ4v) is 3.79. The molecule has 0 aliphatic heterocycles. The maximum Gasteiger partial charge on any atom is 0.335 e. The van der Waals surface area contributed by atoms with E-state index in [1.807, 2.05) is 12.1 Å². The molecule has 4 aromatic rings. The van der Waals surface area contributed by atoms with Crippen molar-refractivity contribution in [3.63, 3.8) is 0 Å². The van der Waals surface area contributed by atoms with Gasteiger partial charge in [0, 0.05) is 22.5 Å². The maximum atomic E-state index is 12.5. The molecule has 1 aromatic heterocycles. The maximum absolute atomic E-state index is 12.5. The molecule has 0 fully saturated rings. The summed E-state index contributed by atoms with van der Waals surface area (Å²) in [7, 11) is 0. The minimum absolute atomic E-state index is 0.0192. The topological polar surface area (TPSA) is 139 Å². The van der Waals surface area contributed by atoms with E-state index in [2.05, 4.69) is 25.9 Å². The number of carbonyl (C=O) groups excluding carboxylic acids is 1. The van der Waals surface area contributed by atoms with E-state index in [-0.39, 0.29) is 36.1 Å². The number of ether oxygens (including phenoxy) is 2. The van der Waals surface area contributed by atoms with E-state index in [1.54, 1.807) is 18.2 Å². The summed E-state index contributed by atoms with van der Waals surface area (Å²) in [4.78, 5) is 24.0. The number of halogens is 2. The summed E-state index contributed by atoms with van der Waals surface area (Å²) in [5, 5.41) is 27.1. The molecule has 3 N–H and O–H groups in total. The summed E-state index contributed by atoms with van der Waals surface area (Å²) in [6.45, 7) is -0.0397. The molecule has 12 heteroatoms. The third kappa shape index (κ3) is 5.53. The Hall–Kier alpha value is -3.89. The number of carbonyl (C=O) groups is 2. The number of aromatic amines is 1. The van der Waals surface area contributed by atoms with E-state index < -0.39 is 11.9 Å². The number of carboxylic acids is 1. The van der Waals surface area contributed by atoms with E-state index in [0.717, 1.165) is 5.56 Å². The lowest BCUT2D eigenvalue weighted by Gasteiger charge is -2.14. The number of amides is 1. The molecule has 4 rings (SSSR count). The number of fused-ring (bicyclic) bond motifs is 1. The van der Waals surface area contributed by atoms with Crippen LogP contribution in [0, 0.1) is 0 Å². The van der Waals surface area contributed by atoms with Crippen molar-refractivity contribution < 1.29 is 24.2 Å². The lowest BCUT2D eigenvalue weighted by molar-refractivity contribution is -0.123. The van der Waals surface area contributed by atoms with Gasteiger partial charge in [0.25, 0.3) is 5.91 Å².